The van der Waals surface area contributed by atoms with Crippen LogP contribution in [-0.4, -0.2) is 0 Å². The Labute approximate surface area is 160 Å². The number of thiophene rings is 1. The van der Waals surface area contributed by atoms with Crippen molar-refractivity contribution in [2.24, 2.45) is 0 Å². The van der Waals surface area contributed by atoms with Crippen LogP contribution in [-0.2, 0) is 0 Å². The largest absolute Gasteiger partial charge is 0.148 e. The van der Waals surface area contributed by atoms with E-state index in [4.69, 9.17) is 0 Å². The minimum Gasteiger partial charge on any atom is -0.148 e. The van der Waals surface area contributed by atoms with Gasteiger partial charge in [-0.05, 0) is 40.8 Å². The molecule has 1 heterocycles. The second kappa shape index (κ2) is 7.99. The van der Waals surface area contributed by atoms with Gasteiger partial charge in [-0.1, -0.05) is 97.9 Å². The van der Waals surface area contributed by atoms with Crippen LogP contribution in [0.25, 0.3) is 0 Å². The van der Waals surface area contributed by atoms with Crippen molar-refractivity contribution in [3.63, 3.8) is 0 Å². The van der Waals surface area contributed by atoms with Crippen LogP contribution in [0.2, 0.25) is 0 Å². The van der Waals surface area contributed by atoms with Crippen LogP contribution in [0.1, 0.15) is 23.3 Å². The molecule has 2 heteroatoms. The summed E-state index contributed by atoms with van der Waals surface area (Å²) in [7, 11) is -0.570. The first kappa shape index (κ1) is 17.2. The van der Waals surface area contributed by atoms with Crippen LogP contribution < -0.4 is 15.9 Å². The van der Waals surface area contributed by atoms with Crippen molar-refractivity contribution in [3.8, 4) is 0 Å². The van der Waals surface area contributed by atoms with Gasteiger partial charge in [0.25, 0.3) is 0 Å². The van der Waals surface area contributed by atoms with Crippen molar-refractivity contribution in [2.45, 2.75) is 12.8 Å². The number of benzene rings is 3. The molecule has 1 atom stereocenters. The van der Waals surface area contributed by atoms with E-state index in [1.165, 1.54) is 26.4 Å². The summed E-state index contributed by atoms with van der Waals surface area (Å²) in [6.45, 7) is 2.33. The summed E-state index contributed by atoms with van der Waals surface area (Å²) in [6, 6.07) is 35.3. The molecule has 0 N–H and O–H groups in total. The molecule has 0 aliphatic rings. The molecule has 0 amide bonds. The Bertz CT molecular complexity index is 906. The summed E-state index contributed by atoms with van der Waals surface area (Å²) in [5, 5.41) is 6.44. The Hall–Kier alpha value is -2.21. The highest BCUT2D eigenvalue weighted by Gasteiger charge is 2.22. The van der Waals surface area contributed by atoms with Gasteiger partial charge in [-0.2, -0.15) is 0 Å². The van der Waals surface area contributed by atoms with E-state index in [-0.39, 0.29) is 0 Å². The highest BCUT2D eigenvalue weighted by atomic mass is 32.1. The van der Waals surface area contributed by atoms with Gasteiger partial charge in [0.05, 0.1) is 0 Å². The van der Waals surface area contributed by atoms with E-state index in [0.29, 0.717) is 5.92 Å². The van der Waals surface area contributed by atoms with Crippen molar-refractivity contribution >= 4 is 35.2 Å². The van der Waals surface area contributed by atoms with Crippen molar-refractivity contribution in [1.82, 2.24) is 0 Å². The maximum atomic E-state index is 2.33. The lowest BCUT2D eigenvalue weighted by molar-refractivity contribution is 0.956. The summed E-state index contributed by atoms with van der Waals surface area (Å²) in [6.07, 6.45) is 0. The zero-order valence-electron chi connectivity index (χ0n) is 14.7. The van der Waals surface area contributed by atoms with Gasteiger partial charge in [-0.15, -0.1) is 11.3 Å². The molecule has 0 unspecified atom stereocenters. The van der Waals surface area contributed by atoms with E-state index >= 15 is 0 Å². The maximum absolute atomic E-state index is 2.33. The minimum absolute atomic E-state index is 0.406. The summed E-state index contributed by atoms with van der Waals surface area (Å²) in [4.78, 5) is 1.42. The molecular formula is C24H21PS. The number of rotatable bonds is 5. The average molecular weight is 372 g/mol. The van der Waals surface area contributed by atoms with Gasteiger partial charge in [0.2, 0.25) is 0 Å². The zero-order chi connectivity index (χ0) is 17.8. The summed E-state index contributed by atoms with van der Waals surface area (Å²) < 4.78 is 0. The van der Waals surface area contributed by atoms with Gasteiger partial charge in [0, 0.05) is 10.8 Å². The van der Waals surface area contributed by atoms with Gasteiger partial charge in [-0.25, -0.2) is 0 Å². The highest BCUT2D eigenvalue weighted by Crippen LogP contribution is 2.37. The first-order chi connectivity index (χ1) is 12.8. The molecule has 0 nitrogen and oxygen atoms in total. The van der Waals surface area contributed by atoms with Crippen molar-refractivity contribution in [3.05, 3.63) is 113 Å². The van der Waals surface area contributed by atoms with Gasteiger partial charge >= 0.3 is 0 Å². The van der Waals surface area contributed by atoms with Crippen LogP contribution in [0.4, 0.5) is 0 Å². The van der Waals surface area contributed by atoms with E-state index in [1.54, 1.807) is 0 Å². The van der Waals surface area contributed by atoms with E-state index in [9.17, 15) is 0 Å². The van der Waals surface area contributed by atoms with Crippen molar-refractivity contribution < 1.29 is 0 Å². The zero-order valence-corrected chi connectivity index (χ0v) is 16.5. The molecule has 0 saturated carbocycles. The molecule has 128 valence electrons. The van der Waals surface area contributed by atoms with Gasteiger partial charge < -0.3 is 0 Å². The van der Waals surface area contributed by atoms with E-state index in [1.807, 2.05) is 11.3 Å². The average Bonchev–Trinajstić information content (AvgIpc) is 3.25. The molecule has 0 aliphatic heterocycles. The molecule has 0 fully saturated rings. The third kappa shape index (κ3) is 3.51. The van der Waals surface area contributed by atoms with Crippen LogP contribution in [0.15, 0.2) is 102 Å². The summed E-state index contributed by atoms with van der Waals surface area (Å²) in [5.74, 6) is 0.406. The monoisotopic (exact) mass is 372 g/mol. The van der Waals surface area contributed by atoms with Crippen LogP contribution in [0, 0.1) is 0 Å². The Morgan fingerprint density at radius 2 is 1.23 bits per heavy atom. The fourth-order valence-electron chi connectivity index (χ4n) is 3.33. The van der Waals surface area contributed by atoms with Crippen LogP contribution in [0.5, 0.6) is 0 Å². The van der Waals surface area contributed by atoms with E-state index < -0.39 is 7.92 Å². The normalized spacial score (nSPS) is 12.2. The van der Waals surface area contributed by atoms with E-state index in [2.05, 4.69) is 109 Å². The van der Waals surface area contributed by atoms with E-state index in [0.717, 1.165) is 0 Å². The Morgan fingerprint density at radius 1 is 0.654 bits per heavy atom. The molecule has 4 rings (SSSR count). The lowest BCUT2D eigenvalue weighted by atomic mass is 10.00. The molecule has 0 radical (unpaired) electrons. The Morgan fingerprint density at radius 3 is 1.81 bits per heavy atom. The summed E-state index contributed by atoms with van der Waals surface area (Å²) >= 11 is 1.85. The Balaban J connectivity index is 1.87. The highest BCUT2D eigenvalue weighted by molar-refractivity contribution is 7.79. The van der Waals surface area contributed by atoms with Crippen molar-refractivity contribution in [1.29, 1.82) is 0 Å². The smallest absolute Gasteiger partial charge is 0.0162 e. The van der Waals surface area contributed by atoms with Gasteiger partial charge in [-0.3, -0.25) is 0 Å². The second-order valence-corrected chi connectivity index (χ2v) is 9.47. The predicted octanol–water partition coefficient (Wildman–Crippen LogP) is 5.66. The van der Waals surface area contributed by atoms with Gasteiger partial charge in [0.15, 0.2) is 0 Å². The predicted molar refractivity (Wildman–Crippen MR) is 117 cm³/mol. The lowest BCUT2D eigenvalue weighted by Crippen LogP contribution is -2.24. The standard InChI is InChI=1S/C24H21PS/c1-19(24-17-10-18-26-24)22-15-8-9-16-23(22)25(20-11-4-2-5-12-20)21-13-6-3-7-14-21/h2-19H,1H3/t19-/m1/s1. The molecular weight excluding hydrogens is 351 g/mol. The molecule has 4 aromatic rings. The molecule has 0 spiro atoms. The number of hydrogen-bond acceptors (Lipinski definition) is 1. The summed E-state index contributed by atoms with van der Waals surface area (Å²) in [5.41, 5.74) is 1.44. The number of hydrogen-bond donors (Lipinski definition) is 0. The van der Waals surface area contributed by atoms with Crippen molar-refractivity contribution in [2.75, 3.05) is 0 Å². The molecule has 0 bridgehead atoms. The first-order valence-corrected chi connectivity index (χ1v) is 11.1. The van der Waals surface area contributed by atoms with Crippen LogP contribution >= 0.6 is 19.3 Å². The Kier molecular flexibility index (Phi) is 5.29. The molecule has 0 saturated heterocycles. The SMILES string of the molecule is C[C@@H](c1cccs1)c1ccccc1P(c1ccccc1)c1ccccc1. The minimum atomic E-state index is -0.570. The van der Waals surface area contributed by atoms with Gasteiger partial charge in [0.1, 0.15) is 0 Å². The lowest BCUT2D eigenvalue weighted by Gasteiger charge is -2.24. The topological polar surface area (TPSA) is 0 Å². The quantitative estimate of drug-likeness (QED) is 0.397. The fraction of sp³-hybridized carbons (Fsp3) is 0.0833. The molecule has 0 aliphatic carbocycles. The molecule has 3 aromatic carbocycles. The molecule has 1 aromatic heterocycles. The molecule has 26 heavy (non-hydrogen) atoms. The maximum Gasteiger partial charge on any atom is 0.0162 e. The second-order valence-electron chi connectivity index (χ2n) is 6.30. The first-order valence-electron chi connectivity index (χ1n) is 8.87. The third-order valence-corrected chi connectivity index (χ3v) is 8.22. The van der Waals surface area contributed by atoms with Crippen LogP contribution in [0.3, 0.4) is 0 Å². The fourth-order valence-corrected chi connectivity index (χ4v) is 6.69. The third-order valence-electron chi connectivity index (χ3n) is 4.64.